The van der Waals surface area contributed by atoms with Crippen LogP contribution >= 0.6 is 11.3 Å². The first kappa shape index (κ1) is 26.4. The van der Waals surface area contributed by atoms with E-state index < -0.39 is 6.09 Å². The van der Waals surface area contributed by atoms with E-state index in [1.54, 1.807) is 13.1 Å². The van der Waals surface area contributed by atoms with Crippen molar-refractivity contribution in [3.63, 3.8) is 0 Å². The number of nitrogens with one attached hydrogen (secondary N) is 3. The molecule has 0 atom stereocenters. The number of rotatable bonds is 10. The molecule has 2 heterocycles. The van der Waals surface area contributed by atoms with Gasteiger partial charge in [0.1, 0.15) is 11.5 Å². The van der Waals surface area contributed by atoms with Gasteiger partial charge in [-0.3, -0.25) is 10.7 Å². The molecule has 9 nitrogen and oxygen atoms in total. The smallest absolute Gasteiger partial charge is 0.413 e. The number of benzene rings is 1. The van der Waals surface area contributed by atoms with Crippen molar-refractivity contribution in [2.75, 3.05) is 18.5 Å². The van der Waals surface area contributed by atoms with Crippen molar-refractivity contribution in [3.8, 4) is 27.6 Å². The molecule has 0 aliphatic heterocycles. The first-order chi connectivity index (χ1) is 18.0. The Morgan fingerprint density at radius 3 is 2.73 bits per heavy atom. The summed E-state index contributed by atoms with van der Waals surface area (Å²) in [5.74, 6) is 1.66. The van der Waals surface area contributed by atoms with E-state index in [1.807, 2.05) is 31.2 Å². The highest BCUT2D eigenvalue weighted by Crippen LogP contribution is 2.33. The zero-order valence-corrected chi connectivity index (χ0v) is 22.0. The van der Waals surface area contributed by atoms with Gasteiger partial charge in [-0.1, -0.05) is 49.5 Å². The number of ether oxygens (including phenoxy) is 2. The molecular formula is C27H32N6O3S. The van der Waals surface area contributed by atoms with Gasteiger partial charge in [-0.15, -0.1) is 0 Å². The lowest BCUT2D eigenvalue weighted by molar-refractivity contribution is 0.168. The molecule has 0 bridgehead atoms. The number of aromatic nitrogens is 3. The van der Waals surface area contributed by atoms with Crippen LogP contribution in [0.1, 0.15) is 56.8 Å². The Labute approximate surface area is 220 Å². The van der Waals surface area contributed by atoms with Crippen LogP contribution in [0.15, 0.2) is 30.5 Å². The Bertz CT molecular complexity index is 1270. The third-order valence-electron chi connectivity index (χ3n) is 6.36. The summed E-state index contributed by atoms with van der Waals surface area (Å²) in [5.41, 5.74) is 2.94. The average Bonchev–Trinajstić information content (AvgIpc) is 3.38. The van der Waals surface area contributed by atoms with Crippen LogP contribution in [0, 0.1) is 23.7 Å². The molecule has 4 rings (SSSR count). The largest absolute Gasteiger partial charge is 0.494 e. The number of anilines is 1. The first-order valence-corrected chi connectivity index (χ1v) is 13.4. The second kappa shape index (κ2) is 12.5. The number of hydrogen-bond donors (Lipinski definition) is 3. The Morgan fingerprint density at radius 2 is 1.97 bits per heavy atom. The normalized spacial score (nSPS) is 13.7. The molecule has 194 valence electrons. The lowest BCUT2D eigenvalue weighted by Crippen LogP contribution is -2.12. The summed E-state index contributed by atoms with van der Waals surface area (Å²) in [6, 6.07) is 7.78. The van der Waals surface area contributed by atoms with Crippen LogP contribution in [0.5, 0.6) is 5.75 Å². The maximum atomic E-state index is 11.8. The Balaban J connectivity index is 1.60. The van der Waals surface area contributed by atoms with Crippen molar-refractivity contribution in [2.45, 2.75) is 52.4 Å². The van der Waals surface area contributed by atoms with Gasteiger partial charge in [-0.2, -0.15) is 0 Å². The van der Waals surface area contributed by atoms with Gasteiger partial charge in [0, 0.05) is 18.0 Å². The first-order valence-electron chi connectivity index (χ1n) is 12.6. The maximum absolute atomic E-state index is 11.8. The summed E-state index contributed by atoms with van der Waals surface area (Å²) < 4.78 is 11.0. The predicted molar refractivity (Wildman–Crippen MR) is 146 cm³/mol. The highest BCUT2D eigenvalue weighted by molar-refractivity contribution is 7.19. The topological polar surface area (TPSA) is 134 Å². The fourth-order valence-electron chi connectivity index (χ4n) is 4.39. The zero-order chi connectivity index (χ0) is 26.2. The molecule has 1 aromatic carbocycles. The van der Waals surface area contributed by atoms with E-state index in [1.165, 1.54) is 43.4 Å². The monoisotopic (exact) mass is 520 g/mol. The van der Waals surface area contributed by atoms with Crippen LogP contribution in [-0.2, 0) is 4.74 Å². The van der Waals surface area contributed by atoms with Crippen molar-refractivity contribution in [1.29, 1.82) is 10.8 Å². The molecule has 0 radical (unpaired) electrons. The van der Waals surface area contributed by atoms with E-state index in [-0.39, 0.29) is 18.1 Å². The molecule has 0 unspecified atom stereocenters. The van der Waals surface area contributed by atoms with Gasteiger partial charge in [-0.05, 0) is 49.9 Å². The van der Waals surface area contributed by atoms with Gasteiger partial charge < -0.3 is 14.9 Å². The van der Waals surface area contributed by atoms with Crippen molar-refractivity contribution < 1.29 is 14.3 Å². The van der Waals surface area contributed by atoms with Crippen molar-refractivity contribution in [3.05, 3.63) is 41.9 Å². The summed E-state index contributed by atoms with van der Waals surface area (Å²) in [7, 11) is 0. The number of amides is 1. The quantitative estimate of drug-likeness (QED) is 0.261. The van der Waals surface area contributed by atoms with Crippen molar-refractivity contribution in [1.82, 2.24) is 15.0 Å². The van der Waals surface area contributed by atoms with E-state index in [0.29, 0.717) is 28.0 Å². The molecule has 0 saturated heterocycles. The highest BCUT2D eigenvalue weighted by atomic mass is 32.1. The number of aryl methyl sites for hydroxylation is 1. The van der Waals surface area contributed by atoms with E-state index >= 15 is 0 Å². The number of thiazole rings is 1. The molecule has 37 heavy (non-hydrogen) atoms. The standard InChI is InChI=1S/C27H32N6O3S/c1-3-35-27(34)33-26-30-16-24(37-26)23-14-22(31-25(32-23)21(29)15-28)20-13-19(10-9-17(20)2)36-12-11-18-7-5-4-6-8-18/h9-10,13-16,18,28-29H,3-8,11-12H2,1-2H3,(H,30,33,34). The minimum atomic E-state index is -0.575. The SMILES string of the molecule is CCOC(=O)Nc1ncc(-c2cc(-c3cc(OCCC4CCCCC4)ccc3C)nc(C(=N)C=N)n2)s1. The fraction of sp³-hybridized carbons (Fsp3) is 0.407. The fourth-order valence-corrected chi connectivity index (χ4v) is 5.15. The summed E-state index contributed by atoms with van der Waals surface area (Å²) >= 11 is 1.24. The molecule has 2 aromatic heterocycles. The summed E-state index contributed by atoms with van der Waals surface area (Å²) in [6.45, 7) is 4.67. The second-order valence-corrected chi connectivity index (χ2v) is 10.0. The number of carbonyl (C=O) groups is 1. The second-order valence-electron chi connectivity index (χ2n) is 9.01. The lowest BCUT2D eigenvalue weighted by atomic mass is 9.87. The van der Waals surface area contributed by atoms with Crippen molar-refractivity contribution in [2.24, 2.45) is 5.92 Å². The number of carbonyl (C=O) groups excluding carboxylic acids is 1. The molecule has 1 amide bonds. The van der Waals surface area contributed by atoms with Crippen LogP contribution in [-0.4, -0.2) is 46.2 Å². The van der Waals surface area contributed by atoms with E-state index in [4.69, 9.17) is 20.3 Å². The van der Waals surface area contributed by atoms with Gasteiger partial charge in [0.05, 0.1) is 29.5 Å². The molecule has 1 aliphatic carbocycles. The summed E-state index contributed by atoms with van der Waals surface area (Å²) in [5, 5.41) is 18.7. The third kappa shape index (κ3) is 6.97. The van der Waals surface area contributed by atoms with E-state index in [0.717, 1.165) is 35.4 Å². The Hall–Kier alpha value is -3.66. The minimum Gasteiger partial charge on any atom is -0.494 e. The third-order valence-corrected chi connectivity index (χ3v) is 7.29. The lowest BCUT2D eigenvalue weighted by Gasteiger charge is -2.21. The van der Waals surface area contributed by atoms with E-state index in [2.05, 4.69) is 20.3 Å². The van der Waals surface area contributed by atoms with Gasteiger partial charge >= 0.3 is 6.09 Å². The Morgan fingerprint density at radius 1 is 1.19 bits per heavy atom. The Kier molecular flexibility index (Phi) is 8.95. The van der Waals surface area contributed by atoms with Crippen molar-refractivity contribution >= 4 is 34.5 Å². The van der Waals surface area contributed by atoms with Crippen LogP contribution in [0.2, 0.25) is 0 Å². The van der Waals surface area contributed by atoms with Crippen LogP contribution < -0.4 is 10.1 Å². The van der Waals surface area contributed by atoms with Gasteiger partial charge in [-0.25, -0.2) is 19.7 Å². The predicted octanol–water partition coefficient (Wildman–Crippen LogP) is 6.51. The number of nitrogens with zero attached hydrogens (tertiary/aromatic N) is 3. The van der Waals surface area contributed by atoms with Crippen LogP contribution in [0.3, 0.4) is 0 Å². The molecule has 1 aliphatic rings. The molecule has 0 spiro atoms. The molecule has 3 aromatic rings. The maximum Gasteiger partial charge on any atom is 0.413 e. The zero-order valence-electron chi connectivity index (χ0n) is 21.2. The minimum absolute atomic E-state index is 0.102. The van der Waals surface area contributed by atoms with Gasteiger partial charge in [0.2, 0.25) is 0 Å². The molecule has 1 fully saturated rings. The average molecular weight is 521 g/mol. The highest BCUT2D eigenvalue weighted by Gasteiger charge is 2.17. The van der Waals surface area contributed by atoms with Gasteiger partial charge in [0.15, 0.2) is 11.0 Å². The molecule has 3 N–H and O–H groups in total. The van der Waals surface area contributed by atoms with Crippen LogP contribution in [0.4, 0.5) is 9.93 Å². The number of hydrogen-bond acceptors (Lipinski definition) is 9. The molecule has 10 heteroatoms. The summed E-state index contributed by atoms with van der Waals surface area (Å²) in [4.78, 5) is 25.8. The van der Waals surface area contributed by atoms with Crippen LogP contribution in [0.25, 0.3) is 21.8 Å². The van der Waals surface area contributed by atoms with Gasteiger partial charge in [0.25, 0.3) is 0 Å². The molecule has 1 saturated carbocycles. The molecular weight excluding hydrogens is 488 g/mol. The summed E-state index contributed by atoms with van der Waals surface area (Å²) in [6.07, 6.45) is 9.59. The van der Waals surface area contributed by atoms with E-state index in [9.17, 15) is 4.79 Å².